The molecule has 4 rings (SSSR count). The number of nitrogens with one attached hydrogen (secondary N) is 1. The van der Waals surface area contributed by atoms with Gasteiger partial charge >= 0.3 is 5.97 Å². The Hall–Kier alpha value is -0.570. The molecule has 0 amide bonds. The molecule has 0 aromatic heterocycles. The number of hydrogen-bond donors (Lipinski definition) is 2. The Morgan fingerprint density at radius 3 is 2.12 bits per heavy atom. The van der Waals surface area contributed by atoms with Gasteiger partial charge in [0.15, 0.2) is 0 Å². The second kappa shape index (κ2) is 4.02. The predicted octanol–water partition coefficient (Wildman–Crippen LogP) is 1.73. The van der Waals surface area contributed by atoms with E-state index in [1.54, 1.807) is 0 Å². The topological polar surface area (TPSA) is 49.3 Å². The standard InChI is InChI=1S/C13H21NO2/c15-13(16)7-14-6-12-10-2-8-1-9(4-10)5-11(12)3-8/h8-12,14H,1-7H2,(H,15,16). The molecule has 0 unspecified atom stereocenters. The lowest BCUT2D eigenvalue weighted by Gasteiger charge is -2.54. The molecule has 0 radical (unpaired) electrons. The third kappa shape index (κ3) is 1.86. The summed E-state index contributed by atoms with van der Waals surface area (Å²) >= 11 is 0. The number of aliphatic carboxylic acids is 1. The van der Waals surface area contributed by atoms with Crippen LogP contribution in [0.4, 0.5) is 0 Å². The highest BCUT2D eigenvalue weighted by Gasteiger charge is 2.47. The van der Waals surface area contributed by atoms with Gasteiger partial charge in [-0.2, -0.15) is 0 Å². The number of carboxylic acid groups (broad SMARTS) is 1. The number of rotatable bonds is 4. The van der Waals surface area contributed by atoms with Gasteiger partial charge in [0, 0.05) is 0 Å². The molecular formula is C13H21NO2. The van der Waals surface area contributed by atoms with Gasteiger partial charge in [-0.05, 0) is 68.2 Å². The summed E-state index contributed by atoms with van der Waals surface area (Å²) in [6.07, 6.45) is 7.18. The Morgan fingerprint density at radius 2 is 1.62 bits per heavy atom. The lowest BCUT2D eigenvalue weighted by Crippen LogP contribution is -2.48. The fraction of sp³-hybridized carbons (Fsp3) is 0.923. The maximum Gasteiger partial charge on any atom is 0.317 e. The summed E-state index contributed by atoms with van der Waals surface area (Å²) in [6.45, 7) is 1.06. The molecule has 0 heterocycles. The largest absolute Gasteiger partial charge is 0.480 e. The van der Waals surface area contributed by atoms with E-state index in [4.69, 9.17) is 5.11 Å². The molecule has 2 N–H and O–H groups in total. The van der Waals surface area contributed by atoms with Gasteiger partial charge in [-0.25, -0.2) is 0 Å². The normalized spacial score (nSPS) is 44.9. The van der Waals surface area contributed by atoms with Crippen LogP contribution in [-0.2, 0) is 4.79 Å². The van der Waals surface area contributed by atoms with E-state index in [1.165, 1.54) is 32.1 Å². The van der Waals surface area contributed by atoms with Gasteiger partial charge in [0.05, 0.1) is 6.54 Å². The van der Waals surface area contributed by atoms with Gasteiger partial charge in [0.1, 0.15) is 0 Å². The van der Waals surface area contributed by atoms with Gasteiger partial charge in [-0.3, -0.25) is 4.79 Å². The van der Waals surface area contributed by atoms with Crippen molar-refractivity contribution in [2.24, 2.45) is 29.6 Å². The first-order valence-electron chi connectivity index (χ1n) is 6.65. The van der Waals surface area contributed by atoms with E-state index in [-0.39, 0.29) is 6.54 Å². The van der Waals surface area contributed by atoms with Crippen LogP contribution in [0.3, 0.4) is 0 Å². The van der Waals surface area contributed by atoms with Gasteiger partial charge in [0.2, 0.25) is 0 Å². The van der Waals surface area contributed by atoms with Crippen LogP contribution in [0, 0.1) is 29.6 Å². The van der Waals surface area contributed by atoms with Crippen molar-refractivity contribution in [1.82, 2.24) is 5.32 Å². The minimum atomic E-state index is -0.733. The van der Waals surface area contributed by atoms with Gasteiger partial charge in [-0.1, -0.05) is 0 Å². The summed E-state index contributed by atoms with van der Waals surface area (Å²) in [4.78, 5) is 10.5. The molecule has 0 aliphatic heterocycles. The molecule has 0 saturated heterocycles. The molecule has 90 valence electrons. The lowest BCUT2D eigenvalue weighted by atomic mass is 9.52. The Bertz CT molecular complexity index is 262. The van der Waals surface area contributed by atoms with Crippen molar-refractivity contribution in [3.8, 4) is 0 Å². The van der Waals surface area contributed by atoms with E-state index in [0.717, 1.165) is 36.1 Å². The molecule has 0 aromatic carbocycles. The molecule has 16 heavy (non-hydrogen) atoms. The van der Waals surface area contributed by atoms with E-state index in [9.17, 15) is 4.79 Å². The summed E-state index contributed by atoms with van der Waals surface area (Å²) in [5.74, 6) is 3.86. The summed E-state index contributed by atoms with van der Waals surface area (Å²) in [5, 5.41) is 11.7. The van der Waals surface area contributed by atoms with Crippen molar-refractivity contribution in [2.45, 2.75) is 32.1 Å². The zero-order valence-corrected chi connectivity index (χ0v) is 9.69. The number of carbonyl (C=O) groups is 1. The molecule has 4 aliphatic rings. The number of carboxylic acids is 1. The highest BCUT2D eigenvalue weighted by Crippen LogP contribution is 2.56. The molecule has 4 aliphatic carbocycles. The van der Waals surface area contributed by atoms with Crippen LogP contribution in [0.5, 0.6) is 0 Å². The minimum Gasteiger partial charge on any atom is -0.480 e. The zero-order valence-electron chi connectivity index (χ0n) is 9.69. The Morgan fingerprint density at radius 1 is 1.06 bits per heavy atom. The zero-order chi connectivity index (χ0) is 11.1. The summed E-state index contributed by atoms with van der Waals surface area (Å²) in [5.41, 5.74) is 0. The van der Waals surface area contributed by atoms with E-state index >= 15 is 0 Å². The molecule has 4 fully saturated rings. The highest BCUT2D eigenvalue weighted by atomic mass is 16.4. The summed E-state index contributed by atoms with van der Waals surface area (Å²) in [6, 6.07) is 0. The Kier molecular flexibility index (Phi) is 2.66. The second-order valence-corrected chi connectivity index (χ2v) is 6.12. The molecule has 0 spiro atoms. The van der Waals surface area contributed by atoms with Crippen LogP contribution in [0.2, 0.25) is 0 Å². The smallest absolute Gasteiger partial charge is 0.317 e. The Balaban J connectivity index is 1.57. The van der Waals surface area contributed by atoms with Crippen LogP contribution >= 0.6 is 0 Å². The molecule has 3 nitrogen and oxygen atoms in total. The van der Waals surface area contributed by atoms with E-state index in [2.05, 4.69) is 5.32 Å². The van der Waals surface area contributed by atoms with Crippen molar-refractivity contribution < 1.29 is 9.90 Å². The van der Waals surface area contributed by atoms with Crippen molar-refractivity contribution in [2.75, 3.05) is 13.1 Å². The molecule has 0 atom stereocenters. The molecule has 0 aromatic rings. The van der Waals surface area contributed by atoms with Crippen molar-refractivity contribution in [3.05, 3.63) is 0 Å². The first-order chi connectivity index (χ1) is 7.72. The van der Waals surface area contributed by atoms with Crippen molar-refractivity contribution >= 4 is 5.97 Å². The van der Waals surface area contributed by atoms with Crippen LogP contribution in [0.1, 0.15) is 32.1 Å². The van der Waals surface area contributed by atoms with Crippen molar-refractivity contribution in [3.63, 3.8) is 0 Å². The first kappa shape index (κ1) is 10.6. The van der Waals surface area contributed by atoms with E-state index in [1.807, 2.05) is 0 Å². The van der Waals surface area contributed by atoms with Crippen LogP contribution in [0.15, 0.2) is 0 Å². The van der Waals surface area contributed by atoms with Crippen molar-refractivity contribution in [1.29, 1.82) is 0 Å². The monoisotopic (exact) mass is 223 g/mol. The molecule has 4 bridgehead atoms. The van der Waals surface area contributed by atoms with E-state index < -0.39 is 5.97 Å². The summed E-state index contributed by atoms with van der Waals surface area (Å²) < 4.78 is 0. The summed E-state index contributed by atoms with van der Waals surface area (Å²) in [7, 11) is 0. The van der Waals surface area contributed by atoms with Crippen LogP contribution < -0.4 is 5.32 Å². The Labute approximate surface area is 96.6 Å². The second-order valence-electron chi connectivity index (χ2n) is 6.12. The number of hydrogen-bond acceptors (Lipinski definition) is 2. The third-order valence-electron chi connectivity index (χ3n) is 5.08. The fourth-order valence-corrected chi connectivity index (χ4v) is 4.72. The third-order valence-corrected chi connectivity index (χ3v) is 5.08. The fourth-order valence-electron chi connectivity index (χ4n) is 4.72. The SMILES string of the molecule is O=C(O)CNCC1C2CC3CC(C2)CC1C3. The quantitative estimate of drug-likeness (QED) is 0.763. The van der Waals surface area contributed by atoms with Crippen LogP contribution in [-0.4, -0.2) is 24.2 Å². The van der Waals surface area contributed by atoms with Gasteiger partial charge in [-0.15, -0.1) is 0 Å². The van der Waals surface area contributed by atoms with Crippen LogP contribution in [0.25, 0.3) is 0 Å². The molecule has 4 saturated carbocycles. The molecule has 3 heteroatoms. The average Bonchev–Trinajstić information content (AvgIpc) is 2.20. The highest BCUT2D eigenvalue weighted by molar-refractivity contribution is 5.68. The van der Waals surface area contributed by atoms with Gasteiger partial charge in [0.25, 0.3) is 0 Å². The lowest BCUT2D eigenvalue weighted by molar-refractivity contribution is -0.136. The van der Waals surface area contributed by atoms with Gasteiger partial charge < -0.3 is 10.4 Å². The first-order valence-corrected chi connectivity index (χ1v) is 6.65. The molecular weight excluding hydrogens is 202 g/mol. The minimum absolute atomic E-state index is 0.128. The average molecular weight is 223 g/mol. The maximum absolute atomic E-state index is 10.5. The maximum atomic E-state index is 10.5. The van der Waals surface area contributed by atoms with E-state index in [0.29, 0.717) is 0 Å². The predicted molar refractivity (Wildman–Crippen MR) is 61.0 cm³/mol.